The van der Waals surface area contributed by atoms with Gasteiger partial charge in [0, 0.05) is 16.9 Å². The summed E-state index contributed by atoms with van der Waals surface area (Å²) in [6.07, 6.45) is 0. The predicted molar refractivity (Wildman–Crippen MR) is 273 cm³/mol. The van der Waals surface area contributed by atoms with Crippen molar-refractivity contribution in [1.29, 1.82) is 0 Å². The van der Waals surface area contributed by atoms with Gasteiger partial charge >= 0.3 is 0 Å². The Bertz CT molecular complexity index is 1660. The van der Waals surface area contributed by atoms with Crippen LogP contribution in [0.4, 0.5) is 0 Å². The summed E-state index contributed by atoms with van der Waals surface area (Å²) in [6.45, 7) is 11.6. The summed E-state index contributed by atoms with van der Waals surface area (Å²) in [5, 5.41) is 8.92. The molecule has 0 aliphatic carbocycles. The lowest BCUT2D eigenvalue weighted by Crippen LogP contribution is -1.95. The number of aliphatic hydroxyl groups is 1. The van der Waals surface area contributed by atoms with E-state index in [0.717, 1.165) is 21.3 Å². The van der Waals surface area contributed by atoms with Gasteiger partial charge in [-0.1, -0.05) is 171 Å². The van der Waals surface area contributed by atoms with Crippen molar-refractivity contribution in [3.8, 4) is 5.75 Å². The third-order valence-corrected chi connectivity index (χ3v) is 8.05. The first kappa shape index (κ1) is 59.6. The number of aryl methyl sites for hydroxylation is 5. The summed E-state index contributed by atoms with van der Waals surface area (Å²) < 4.78 is 6.79. The van der Waals surface area contributed by atoms with E-state index in [4.69, 9.17) is 27.2 Å². The van der Waals surface area contributed by atoms with Crippen molar-refractivity contribution in [2.24, 2.45) is 5.73 Å². The van der Waals surface area contributed by atoms with E-state index in [1.807, 2.05) is 66.7 Å². The lowest BCUT2D eigenvalue weighted by Gasteiger charge is -2.07. The summed E-state index contributed by atoms with van der Waals surface area (Å²) in [7, 11) is 0. The molecular formula is C45H66BrClNO2P5. The quantitative estimate of drug-likeness (QED) is 0.129. The molecule has 0 radical (unpaired) electrons. The number of aliphatic hydroxyl groups excluding tert-OH is 1. The summed E-state index contributed by atoms with van der Waals surface area (Å²) in [6, 6.07) is 50.7. The summed E-state index contributed by atoms with van der Waals surface area (Å²) >= 11 is 8.92. The van der Waals surface area contributed by atoms with Gasteiger partial charge in [-0.05, 0) is 81.1 Å². The molecule has 0 aromatic heterocycles. The minimum Gasteiger partial charge on any atom is -0.489 e. The highest BCUT2D eigenvalue weighted by molar-refractivity contribution is 9.10. The Balaban J connectivity index is -0.000000301. The molecule has 6 rings (SSSR count). The number of nitrogens with two attached hydrogens (primary N) is 1. The number of rotatable bonds is 6. The third-order valence-electron chi connectivity index (χ3n) is 7.21. The van der Waals surface area contributed by atoms with Crippen LogP contribution in [-0.4, -0.2) is 5.11 Å². The van der Waals surface area contributed by atoms with E-state index in [2.05, 4.69) is 135 Å². The molecule has 3 N–H and O–H groups in total. The SMILES string of the molecule is Cc1ccc(Br)cc1.Cc1ccc(CCl)cc1.Cc1ccc(CN)cc1.Cc1ccc(COc2ccc(CO)cc2)cc1.Cc1ccccc1.P.P.P.P.P. The Morgan fingerprint density at radius 2 is 0.818 bits per heavy atom. The third kappa shape index (κ3) is 28.9. The molecule has 0 fully saturated rings. The van der Waals surface area contributed by atoms with Crippen LogP contribution in [0.2, 0.25) is 0 Å². The summed E-state index contributed by atoms with van der Waals surface area (Å²) in [4.78, 5) is 0. The van der Waals surface area contributed by atoms with Gasteiger partial charge in [0.1, 0.15) is 12.4 Å². The molecule has 0 saturated heterocycles. The highest BCUT2D eigenvalue weighted by Gasteiger charge is 1.97. The van der Waals surface area contributed by atoms with E-state index in [9.17, 15) is 0 Å². The number of hydrogen-bond acceptors (Lipinski definition) is 3. The summed E-state index contributed by atoms with van der Waals surface area (Å²) in [5.74, 6) is 1.43. The van der Waals surface area contributed by atoms with E-state index >= 15 is 0 Å². The fourth-order valence-corrected chi connectivity index (χ4v) is 4.45. The molecule has 6 aromatic rings. The molecule has 6 aromatic carbocycles. The maximum absolute atomic E-state index is 8.92. The maximum Gasteiger partial charge on any atom is 0.119 e. The van der Waals surface area contributed by atoms with Crippen LogP contribution in [0.3, 0.4) is 0 Å². The second-order valence-corrected chi connectivity index (χ2v) is 13.0. The second-order valence-electron chi connectivity index (χ2n) is 11.8. The molecule has 5 unspecified atom stereocenters. The average molecular weight is 923 g/mol. The Morgan fingerprint density at radius 3 is 1.15 bits per heavy atom. The minimum atomic E-state index is 0. The van der Waals surface area contributed by atoms with E-state index < -0.39 is 0 Å². The van der Waals surface area contributed by atoms with E-state index in [1.54, 1.807) is 0 Å². The largest absolute Gasteiger partial charge is 0.489 e. The molecular weight excluding hydrogens is 857 g/mol. The molecule has 3 nitrogen and oxygen atoms in total. The first-order chi connectivity index (χ1) is 24.1. The average Bonchev–Trinajstić information content (AvgIpc) is 3.15. The van der Waals surface area contributed by atoms with Gasteiger partial charge in [0.2, 0.25) is 0 Å². The first-order valence-corrected chi connectivity index (χ1v) is 17.9. The zero-order chi connectivity index (χ0) is 36.6. The van der Waals surface area contributed by atoms with Crippen molar-refractivity contribution in [2.75, 3.05) is 0 Å². The number of halogens is 2. The van der Waals surface area contributed by atoms with Crippen molar-refractivity contribution < 1.29 is 9.84 Å². The fourth-order valence-electron chi connectivity index (χ4n) is 4.01. The Kier molecular flexibility index (Phi) is 39.4. The Hall–Kier alpha value is -2.04. The molecule has 0 aliphatic heterocycles. The van der Waals surface area contributed by atoms with Crippen LogP contribution in [0.1, 0.15) is 50.1 Å². The summed E-state index contributed by atoms with van der Waals surface area (Å²) in [5.41, 5.74) is 16.3. The molecule has 0 aliphatic rings. The number of ether oxygens (including phenoxy) is 1. The smallest absolute Gasteiger partial charge is 0.119 e. The van der Waals surface area contributed by atoms with Gasteiger partial charge in [-0.2, -0.15) is 49.5 Å². The van der Waals surface area contributed by atoms with Crippen LogP contribution in [0.15, 0.2) is 156 Å². The number of benzene rings is 6. The van der Waals surface area contributed by atoms with Crippen LogP contribution in [0.25, 0.3) is 0 Å². The van der Waals surface area contributed by atoms with Gasteiger partial charge in [-0.15, -0.1) is 11.6 Å². The zero-order valence-electron chi connectivity index (χ0n) is 33.5. The van der Waals surface area contributed by atoms with Crippen LogP contribution in [0, 0.1) is 34.6 Å². The lowest BCUT2D eigenvalue weighted by molar-refractivity contribution is 0.280. The maximum atomic E-state index is 8.92. The number of alkyl halides is 1. The minimum absolute atomic E-state index is 0. The van der Waals surface area contributed by atoms with Gasteiger partial charge < -0.3 is 15.6 Å². The van der Waals surface area contributed by atoms with Crippen LogP contribution >= 0.6 is 77.0 Å². The Morgan fingerprint density at radius 1 is 0.473 bits per heavy atom. The molecule has 0 spiro atoms. The fraction of sp³-hybridized carbons (Fsp3) is 0.200. The monoisotopic (exact) mass is 921 g/mol. The standard InChI is InChI=1S/C15H16O2.C8H9Cl.C8H11N.C7H7Br.C7H8.5H3P/c1-12-2-4-14(5-3-12)11-17-15-8-6-13(10-16)7-9-15;2*1-7-2-4-8(6-9)5-3-7;1-6-2-4-7(8)5-3-6;1-7-5-3-2-4-6-7;;;;;/h2-9,16H,10-11H2,1H3;2-5H,6H2,1H3;2-5H,6,9H2,1H3;2-5H,1H3;2-6H,1H3;5*1H3. The van der Waals surface area contributed by atoms with Crippen LogP contribution in [0.5, 0.6) is 5.75 Å². The highest BCUT2D eigenvalue weighted by Crippen LogP contribution is 2.15. The zero-order valence-corrected chi connectivity index (χ0v) is 42.9. The molecule has 0 amide bonds. The number of hydrogen-bond donors (Lipinski definition) is 2. The topological polar surface area (TPSA) is 55.5 Å². The van der Waals surface area contributed by atoms with Gasteiger partial charge in [-0.25, -0.2) is 0 Å². The van der Waals surface area contributed by atoms with E-state index in [1.165, 1.54) is 38.9 Å². The van der Waals surface area contributed by atoms with Crippen LogP contribution in [-0.2, 0) is 25.6 Å². The van der Waals surface area contributed by atoms with Crippen molar-refractivity contribution in [3.63, 3.8) is 0 Å². The Labute approximate surface area is 362 Å². The van der Waals surface area contributed by atoms with Gasteiger partial charge in [0.05, 0.1) is 6.61 Å². The van der Waals surface area contributed by atoms with Gasteiger partial charge in [-0.3, -0.25) is 0 Å². The normalized spacial score (nSPS) is 8.75. The molecule has 0 heterocycles. The van der Waals surface area contributed by atoms with Gasteiger partial charge in [0.15, 0.2) is 0 Å². The molecule has 5 atom stereocenters. The first-order valence-electron chi connectivity index (χ1n) is 16.6. The molecule has 10 heteroatoms. The van der Waals surface area contributed by atoms with Crippen LogP contribution < -0.4 is 10.5 Å². The molecule has 0 saturated carbocycles. The molecule has 0 bridgehead atoms. The van der Waals surface area contributed by atoms with Crippen molar-refractivity contribution >= 4 is 77.0 Å². The van der Waals surface area contributed by atoms with E-state index in [-0.39, 0.29) is 56.1 Å². The highest BCUT2D eigenvalue weighted by atomic mass is 79.9. The van der Waals surface area contributed by atoms with E-state index in [0.29, 0.717) is 19.0 Å². The van der Waals surface area contributed by atoms with Crippen molar-refractivity contribution in [2.45, 2.75) is 60.3 Å². The predicted octanol–water partition coefficient (Wildman–Crippen LogP) is 12.3. The molecule has 55 heavy (non-hydrogen) atoms. The molecule has 302 valence electrons. The second kappa shape index (κ2) is 36.3. The van der Waals surface area contributed by atoms with Crippen molar-refractivity contribution in [1.82, 2.24) is 0 Å². The van der Waals surface area contributed by atoms with Crippen molar-refractivity contribution in [3.05, 3.63) is 206 Å². The lowest BCUT2D eigenvalue weighted by atomic mass is 10.2. The van der Waals surface area contributed by atoms with Gasteiger partial charge in [0.25, 0.3) is 0 Å².